The van der Waals surface area contributed by atoms with E-state index in [1.54, 1.807) is 0 Å². The van der Waals surface area contributed by atoms with Crippen molar-refractivity contribution in [3.63, 3.8) is 0 Å². The molecule has 1 N–H and O–H groups in total. The molecule has 2 atom stereocenters. The molecule has 1 saturated carbocycles. The molecule has 1 aliphatic heterocycles. The lowest BCUT2D eigenvalue weighted by molar-refractivity contribution is -0.157. The fourth-order valence-electron chi connectivity index (χ4n) is 3.04. The molecule has 0 unspecified atom stereocenters. The van der Waals surface area contributed by atoms with E-state index in [9.17, 15) is 4.79 Å². The SMILES string of the molecule is C[C@@H](NC(=O)OC(C)(C)C)[C@]1(C)CCC2(C1)OCCO2. The van der Waals surface area contributed by atoms with Crippen molar-refractivity contribution < 1.29 is 19.0 Å². The molecule has 5 nitrogen and oxygen atoms in total. The first-order valence-corrected chi connectivity index (χ1v) is 7.42. The van der Waals surface area contributed by atoms with E-state index >= 15 is 0 Å². The topological polar surface area (TPSA) is 56.8 Å². The zero-order valence-electron chi connectivity index (χ0n) is 13.2. The second-order valence-electron chi connectivity index (χ2n) is 7.31. The molecule has 2 rings (SSSR count). The summed E-state index contributed by atoms with van der Waals surface area (Å²) in [4.78, 5) is 11.9. The molecule has 2 aliphatic rings. The molecule has 0 radical (unpaired) electrons. The van der Waals surface area contributed by atoms with E-state index in [1.807, 2.05) is 27.7 Å². The van der Waals surface area contributed by atoms with Gasteiger partial charge < -0.3 is 19.5 Å². The summed E-state index contributed by atoms with van der Waals surface area (Å²) in [6, 6.07) is 0.0181. The van der Waals surface area contributed by atoms with Crippen LogP contribution in [0.5, 0.6) is 0 Å². The standard InChI is InChI=1S/C15H27NO4/c1-11(16-12(17)20-13(2,3)4)14(5)6-7-15(10-14)18-8-9-19-15/h11H,6-10H2,1-5H3,(H,16,17)/t11-,14-/m1/s1. The lowest BCUT2D eigenvalue weighted by Crippen LogP contribution is -2.46. The van der Waals surface area contributed by atoms with Crippen LogP contribution in [0.15, 0.2) is 0 Å². The normalized spacial score (nSPS) is 30.4. The van der Waals surface area contributed by atoms with Crippen LogP contribution in [0.3, 0.4) is 0 Å². The van der Waals surface area contributed by atoms with Crippen molar-refractivity contribution in [1.82, 2.24) is 5.32 Å². The Labute approximate surface area is 121 Å². The number of hydrogen-bond acceptors (Lipinski definition) is 4. The molecule has 0 aromatic carbocycles. The van der Waals surface area contributed by atoms with Crippen LogP contribution in [-0.4, -0.2) is 36.7 Å². The fourth-order valence-corrected chi connectivity index (χ4v) is 3.04. The summed E-state index contributed by atoms with van der Waals surface area (Å²) in [5.74, 6) is -0.418. The van der Waals surface area contributed by atoms with Crippen molar-refractivity contribution >= 4 is 6.09 Å². The summed E-state index contributed by atoms with van der Waals surface area (Å²) in [7, 11) is 0. The summed E-state index contributed by atoms with van der Waals surface area (Å²) in [5, 5.41) is 2.95. The number of nitrogens with one attached hydrogen (secondary N) is 1. The van der Waals surface area contributed by atoms with Gasteiger partial charge in [-0.2, -0.15) is 0 Å². The molecule has 1 aliphatic carbocycles. The summed E-state index contributed by atoms with van der Waals surface area (Å²) in [5.41, 5.74) is -0.499. The second kappa shape index (κ2) is 5.19. The van der Waals surface area contributed by atoms with Gasteiger partial charge in [-0.25, -0.2) is 4.79 Å². The highest BCUT2D eigenvalue weighted by Crippen LogP contribution is 2.49. The Morgan fingerprint density at radius 3 is 2.40 bits per heavy atom. The molecule has 0 bridgehead atoms. The van der Waals surface area contributed by atoms with Crippen LogP contribution in [0.4, 0.5) is 4.79 Å². The molecule has 5 heteroatoms. The Hall–Kier alpha value is -0.810. The van der Waals surface area contributed by atoms with Crippen LogP contribution in [0.25, 0.3) is 0 Å². The van der Waals surface area contributed by atoms with Crippen molar-refractivity contribution in [2.75, 3.05) is 13.2 Å². The van der Waals surface area contributed by atoms with Gasteiger partial charge in [0.15, 0.2) is 5.79 Å². The predicted octanol–water partition coefficient (Wildman–Crippen LogP) is 2.83. The van der Waals surface area contributed by atoms with Gasteiger partial charge in [-0.1, -0.05) is 6.92 Å². The van der Waals surface area contributed by atoms with E-state index in [1.165, 1.54) is 0 Å². The summed E-state index contributed by atoms with van der Waals surface area (Å²) < 4.78 is 16.9. The zero-order chi connectivity index (χ0) is 15.0. The summed E-state index contributed by atoms with van der Waals surface area (Å²) >= 11 is 0. The first-order valence-electron chi connectivity index (χ1n) is 7.42. The van der Waals surface area contributed by atoms with E-state index < -0.39 is 11.4 Å². The van der Waals surface area contributed by atoms with Gasteiger partial charge in [-0.15, -0.1) is 0 Å². The van der Waals surface area contributed by atoms with Gasteiger partial charge in [-0.3, -0.25) is 0 Å². The molecule has 1 amide bonds. The number of alkyl carbamates (subject to hydrolysis) is 1. The van der Waals surface area contributed by atoms with Crippen LogP contribution in [0.2, 0.25) is 0 Å². The largest absolute Gasteiger partial charge is 0.444 e. The maximum absolute atomic E-state index is 11.9. The molecule has 20 heavy (non-hydrogen) atoms. The minimum atomic E-state index is -0.473. The highest BCUT2D eigenvalue weighted by molar-refractivity contribution is 5.68. The van der Waals surface area contributed by atoms with Crippen molar-refractivity contribution in [1.29, 1.82) is 0 Å². The molecule has 1 spiro atoms. The van der Waals surface area contributed by atoms with Gasteiger partial charge in [-0.05, 0) is 39.5 Å². The van der Waals surface area contributed by atoms with Crippen LogP contribution in [0.1, 0.15) is 53.9 Å². The lowest BCUT2D eigenvalue weighted by Gasteiger charge is -2.34. The van der Waals surface area contributed by atoms with Crippen molar-refractivity contribution in [2.45, 2.75) is 71.3 Å². The molecule has 0 aromatic rings. The van der Waals surface area contributed by atoms with Crippen LogP contribution in [-0.2, 0) is 14.2 Å². The maximum atomic E-state index is 11.9. The van der Waals surface area contributed by atoms with Gasteiger partial charge in [0.05, 0.1) is 13.2 Å². The van der Waals surface area contributed by atoms with Gasteiger partial charge in [0.1, 0.15) is 5.60 Å². The van der Waals surface area contributed by atoms with E-state index in [4.69, 9.17) is 14.2 Å². The van der Waals surface area contributed by atoms with Gasteiger partial charge >= 0.3 is 6.09 Å². The van der Waals surface area contributed by atoms with E-state index in [0.717, 1.165) is 19.3 Å². The third kappa shape index (κ3) is 3.44. The van der Waals surface area contributed by atoms with Crippen molar-refractivity contribution in [3.8, 4) is 0 Å². The Bertz CT molecular complexity index is 371. The minimum Gasteiger partial charge on any atom is -0.444 e. The quantitative estimate of drug-likeness (QED) is 0.847. The number of amides is 1. The van der Waals surface area contributed by atoms with Crippen molar-refractivity contribution in [2.24, 2.45) is 5.41 Å². The highest BCUT2D eigenvalue weighted by atomic mass is 16.7. The predicted molar refractivity (Wildman–Crippen MR) is 75.4 cm³/mol. The molecule has 2 fully saturated rings. The number of carbonyl (C=O) groups excluding carboxylic acids is 1. The van der Waals surface area contributed by atoms with E-state index in [2.05, 4.69) is 12.2 Å². The number of ether oxygens (including phenoxy) is 3. The average Bonchev–Trinajstić information content (AvgIpc) is 2.85. The molecule has 1 heterocycles. The Morgan fingerprint density at radius 2 is 1.85 bits per heavy atom. The number of rotatable bonds is 2. The van der Waals surface area contributed by atoms with Gasteiger partial charge in [0.2, 0.25) is 0 Å². The van der Waals surface area contributed by atoms with Crippen LogP contribution < -0.4 is 5.32 Å². The summed E-state index contributed by atoms with van der Waals surface area (Å²) in [6.45, 7) is 11.1. The third-order valence-electron chi connectivity index (χ3n) is 4.34. The Kier molecular flexibility index (Phi) is 4.04. The minimum absolute atomic E-state index is 0.0181. The maximum Gasteiger partial charge on any atom is 0.407 e. The molecule has 1 saturated heterocycles. The highest BCUT2D eigenvalue weighted by Gasteiger charge is 2.52. The van der Waals surface area contributed by atoms with Gasteiger partial charge in [0.25, 0.3) is 0 Å². The van der Waals surface area contributed by atoms with Crippen LogP contribution >= 0.6 is 0 Å². The third-order valence-corrected chi connectivity index (χ3v) is 4.34. The Morgan fingerprint density at radius 1 is 1.25 bits per heavy atom. The first kappa shape index (κ1) is 15.6. The van der Waals surface area contributed by atoms with Crippen LogP contribution in [0, 0.1) is 5.41 Å². The zero-order valence-corrected chi connectivity index (χ0v) is 13.2. The smallest absolute Gasteiger partial charge is 0.407 e. The Balaban J connectivity index is 1.92. The molecule has 0 aromatic heterocycles. The van der Waals surface area contributed by atoms with E-state index in [-0.39, 0.29) is 17.6 Å². The average molecular weight is 285 g/mol. The number of carbonyl (C=O) groups is 1. The number of hydrogen-bond donors (Lipinski definition) is 1. The molecular weight excluding hydrogens is 258 g/mol. The van der Waals surface area contributed by atoms with Crippen molar-refractivity contribution in [3.05, 3.63) is 0 Å². The lowest BCUT2D eigenvalue weighted by atomic mass is 9.81. The fraction of sp³-hybridized carbons (Fsp3) is 0.933. The molecular formula is C15H27NO4. The van der Waals surface area contributed by atoms with E-state index in [0.29, 0.717) is 13.2 Å². The summed E-state index contributed by atoms with van der Waals surface area (Å²) in [6.07, 6.45) is 2.32. The monoisotopic (exact) mass is 285 g/mol. The van der Waals surface area contributed by atoms with Gasteiger partial charge in [0, 0.05) is 18.9 Å². The first-order chi connectivity index (χ1) is 9.14. The second-order valence-corrected chi connectivity index (χ2v) is 7.31. The molecule has 116 valence electrons.